The minimum Gasteiger partial charge on any atom is -0.346 e. The lowest BCUT2D eigenvalue weighted by Crippen LogP contribution is -2.08. The predicted octanol–water partition coefficient (Wildman–Crippen LogP) is 2.61. The lowest BCUT2D eigenvalue weighted by Gasteiger charge is -2.11. The van der Waals surface area contributed by atoms with Crippen molar-refractivity contribution in [1.29, 1.82) is 0 Å². The van der Waals surface area contributed by atoms with Crippen molar-refractivity contribution in [3.05, 3.63) is 69.8 Å². The third-order valence-electron chi connectivity index (χ3n) is 3.65. The van der Waals surface area contributed by atoms with Gasteiger partial charge in [-0.05, 0) is 12.1 Å². The van der Waals surface area contributed by atoms with Crippen molar-refractivity contribution in [2.75, 3.05) is 13.2 Å². The molecule has 7 nitrogen and oxygen atoms in total. The van der Waals surface area contributed by atoms with E-state index < -0.39 is 26.8 Å². The summed E-state index contributed by atoms with van der Waals surface area (Å²) >= 11 is 0. The van der Waals surface area contributed by atoms with E-state index in [0.717, 1.165) is 0 Å². The van der Waals surface area contributed by atoms with E-state index in [1.165, 1.54) is 24.3 Å². The number of hydrogen-bond acceptors (Lipinski definition) is 6. The molecule has 3 rings (SSSR count). The van der Waals surface area contributed by atoms with Crippen LogP contribution in [0.15, 0.2) is 53.4 Å². The normalized spacial score (nSPS) is 15.5. The van der Waals surface area contributed by atoms with E-state index in [1.54, 1.807) is 24.3 Å². The molecule has 24 heavy (non-hydrogen) atoms. The van der Waals surface area contributed by atoms with Crippen LogP contribution in [0, 0.1) is 10.1 Å². The summed E-state index contributed by atoms with van der Waals surface area (Å²) in [6.07, 6.45) is -0.650. The van der Waals surface area contributed by atoms with Crippen molar-refractivity contribution in [3.8, 4) is 0 Å². The van der Waals surface area contributed by atoms with Gasteiger partial charge in [-0.3, -0.25) is 10.1 Å². The van der Waals surface area contributed by atoms with Crippen LogP contribution in [-0.2, 0) is 25.1 Å². The molecular formula is C16H15NO6S. The van der Waals surface area contributed by atoms with E-state index in [-0.39, 0.29) is 16.1 Å². The highest BCUT2D eigenvalue weighted by molar-refractivity contribution is 7.90. The monoisotopic (exact) mass is 349 g/mol. The van der Waals surface area contributed by atoms with Crippen LogP contribution in [0.1, 0.15) is 17.4 Å². The Morgan fingerprint density at radius 2 is 1.75 bits per heavy atom. The van der Waals surface area contributed by atoms with Gasteiger partial charge in [-0.1, -0.05) is 30.3 Å². The Hall–Kier alpha value is -2.29. The Balaban J connectivity index is 1.94. The molecular weight excluding hydrogens is 334 g/mol. The number of nitro groups is 1. The fraction of sp³-hybridized carbons (Fsp3) is 0.250. The van der Waals surface area contributed by atoms with Crippen LogP contribution >= 0.6 is 0 Å². The zero-order valence-electron chi connectivity index (χ0n) is 12.6. The summed E-state index contributed by atoms with van der Waals surface area (Å²) in [5, 5.41) is 11.3. The zero-order chi connectivity index (χ0) is 17.2. The number of nitro benzene ring substituents is 1. The average Bonchev–Trinajstić information content (AvgIpc) is 3.10. The van der Waals surface area contributed by atoms with E-state index in [2.05, 4.69) is 0 Å². The second-order valence-corrected chi connectivity index (χ2v) is 7.28. The maximum absolute atomic E-state index is 12.4. The fourth-order valence-corrected chi connectivity index (χ4v) is 3.88. The molecule has 2 aromatic rings. The first-order chi connectivity index (χ1) is 11.5. The third kappa shape index (κ3) is 3.45. The molecule has 0 aliphatic carbocycles. The van der Waals surface area contributed by atoms with Crippen LogP contribution in [0.4, 0.5) is 5.69 Å². The van der Waals surface area contributed by atoms with Gasteiger partial charge in [0, 0.05) is 17.2 Å². The highest BCUT2D eigenvalue weighted by Crippen LogP contribution is 2.30. The van der Waals surface area contributed by atoms with E-state index in [9.17, 15) is 18.5 Å². The van der Waals surface area contributed by atoms with Crippen molar-refractivity contribution in [2.24, 2.45) is 0 Å². The van der Waals surface area contributed by atoms with Crippen molar-refractivity contribution in [1.82, 2.24) is 0 Å². The van der Waals surface area contributed by atoms with Gasteiger partial charge in [-0.15, -0.1) is 0 Å². The van der Waals surface area contributed by atoms with Crippen LogP contribution in [0.3, 0.4) is 0 Å². The molecule has 0 N–H and O–H groups in total. The topological polar surface area (TPSA) is 95.7 Å². The van der Waals surface area contributed by atoms with Crippen LogP contribution < -0.4 is 0 Å². The summed E-state index contributed by atoms with van der Waals surface area (Å²) in [7, 11) is -3.67. The molecule has 8 heteroatoms. The van der Waals surface area contributed by atoms with Gasteiger partial charge in [-0.2, -0.15) is 0 Å². The Morgan fingerprint density at radius 1 is 1.08 bits per heavy atom. The maximum Gasteiger partial charge on any atom is 0.274 e. The maximum atomic E-state index is 12.4. The second kappa shape index (κ2) is 6.68. The van der Waals surface area contributed by atoms with Gasteiger partial charge < -0.3 is 9.47 Å². The van der Waals surface area contributed by atoms with Crippen molar-refractivity contribution < 1.29 is 22.8 Å². The van der Waals surface area contributed by atoms with Crippen LogP contribution in [0.25, 0.3) is 0 Å². The molecule has 2 aromatic carbocycles. The second-order valence-electron chi connectivity index (χ2n) is 5.29. The molecule has 1 heterocycles. The van der Waals surface area contributed by atoms with Crippen molar-refractivity contribution in [3.63, 3.8) is 0 Å². The molecule has 0 atom stereocenters. The number of rotatable bonds is 5. The standard InChI is InChI=1S/C16H15NO6S/c18-17(19)15-10-12(16-22-8-9-23-16)6-7-13(15)11-24(20,21)14-4-2-1-3-5-14/h1-7,10,16H,8-9,11H2. The first kappa shape index (κ1) is 16.6. The van der Waals surface area contributed by atoms with Crippen molar-refractivity contribution >= 4 is 15.5 Å². The summed E-state index contributed by atoms with van der Waals surface area (Å²) in [6, 6.07) is 12.2. The van der Waals surface area contributed by atoms with E-state index in [1.807, 2.05) is 0 Å². The van der Waals surface area contributed by atoms with Gasteiger partial charge in [0.1, 0.15) is 0 Å². The minimum absolute atomic E-state index is 0.130. The van der Waals surface area contributed by atoms with Gasteiger partial charge in [-0.25, -0.2) is 8.42 Å². The lowest BCUT2D eigenvalue weighted by molar-refractivity contribution is -0.385. The molecule has 1 fully saturated rings. The number of benzene rings is 2. The number of nitrogens with zero attached hydrogens (tertiary/aromatic N) is 1. The molecule has 1 aliphatic rings. The summed E-state index contributed by atoms with van der Waals surface area (Å²) in [6.45, 7) is 0.838. The molecule has 0 bridgehead atoms. The molecule has 1 saturated heterocycles. The van der Waals surface area contributed by atoms with Gasteiger partial charge in [0.2, 0.25) is 0 Å². The Kier molecular flexibility index (Phi) is 4.61. The van der Waals surface area contributed by atoms with Gasteiger partial charge in [0.15, 0.2) is 16.1 Å². The molecule has 0 saturated carbocycles. The summed E-state index contributed by atoms with van der Waals surface area (Å²) in [5.74, 6) is -0.444. The minimum atomic E-state index is -3.67. The van der Waals surface area contributed by atoms with Gasteiger partial charge in [0.25, 0.3) is 5.69 Å². The Labute approximate surface area is 138 Å². The van der Waals surface area contributed by atoms with Crippen molar-refractivity contribution in [2.45, 2.75) is 16.9 Å². The highest BCUT2D eigenvalue weighted by atomic mass is 32.2. The predicted molar refractivity (Wildman–Crippen MR) is 85.1 cm³/mol. The zero-order valence-corrected chi connectivity index (χ0v) is 13.4. The average molecular weight is 349 g/mol. The molecule has 0 amide bonds. The first-order valence-electron chi connectivity index (χ1n) is 7.25. The number of ether oxygens (including phenoxy) is 2. The Bertz CT molecular complexity index is 844. The first-order valence-corrected chi connectivity index (χ1v) is 8.91. The van der Waals surface area contributed by atoms with Crippen LogP contribution in [-0.4, -0.2) is 26.6 Å². The highest BCUT2D eigenvalue weighted by Gasteiger charge is 2.25. The van der Waals surface area contributed by atoms with Gasteiger partial charge >= 0.3 is 0 Å². The molecule has 0 aromatic heterocycles. The molecule has 1 aliphatic heterocycles. The third-order valence-corrected chi connectivity index (χ3v) is 5.33. The van der Waals surface area contributed by atoms with E-state index in [0.29, 0.717) is 18.8 Å². The lowest BCUT2D eigenvalue weighted by atomic mass is 10.1. The largest absolute Gasteiger partial charge is 0.346 e. The summed E-state index contributed by atoms with van der Waals surface area (Å²) in [4.78, 5) is 10.9. The van der Waals surface area contributed by atoms with Crippen LogP contribution in [0.2, 0.25) is 0 Å². The quantitative estimate of drug-likeness (QED) is 0.608. The molecule has 0 spiro atoms. The number of sulfone groups is 1. The Morgan fingerprint density at radius 3 is 2.38 bits per heavy atom. The summed E-state index contributed by atoms with van der Waals surface area (Å²) in [5.41, 5.74) is 0.372. The smallest absolute Gasteiger partial charge is 0.274 e. The van der Waals surface area contributed by atoms with Gasteiger partial charge in [0.05, 0.1) is 28.8 Å². The molecule has 0 radical (unpaired) electrons. The molecule has 0 unspecified atom stereocenters. The fourth-order valence-electron chi connectivity index (χ4n) is 2.49. The SMILES string of the molecule is O=[N+]([O-])c1cc(C2OCCO2)ccc1CS(=O)(=O)c1ccccc1. The summed E-state index contributed by atoms with van der Waals surface area (Å²) < 4.78 is 35.5. The van der Waals surface area contributed by atoms with E-state index in [4.69, 9.17) is 9.47 Å². The number of hydrogen-bond donors (Lipinski definition) is 0. The van der Waals surface area contributed by atoms with Crippen LogP contribution in [0.5, 0.6) is 0 Å². The molecule has 126 valence electrons. The van der Waals surface area contributed by atoms with E-state index >= 15 is 0 Å².